The highest BCUT2D eigenvalue weighted by Gasteiger charge is 2.09. The zero-order chi connectivity index (χ0) is 14.3. The van der Waals surface area contributed by atoms with Gasteiger partial charge in [-0.25, -0.2) is 4.98 Å². The summed E-state index contributed by atoms with van der Waals surface area (Å²) in [6.07, 6.45) is 1.60. The first-order chi connectivity index (χ1) is 9.54. The minimum atomic E-state index is -0.321. The molecule has 3 N–H and O–H groups in total. The van der Waals surface area contributed by atoms with Crippen LogP contribution < -0.4 is 11.3 Å². The lowest BCUT2D eigenvalue weighted by molar-refractivity contribution is 0.812. The highest BCUT2D eigenvalue weighted by Crippen LogP contribution is 2.18. The van der Waals surface area contributed by atoms with Gasteiger partial charge in [-0.3, -0.25) is 9.78 Å². The summed E-state index contributed by atoms with van der Waals surface area (Å²) in [5.74, 6) is 0.0937. The maximum Gasteiger partial charge on any atom is 0.280 e. The third kappa shape index (κ3) is 2.20. The molecule has 7 heteroatoms. The Bertz CT molecular complexity index is 852. The summed E-state index contributed by atoms with van der Waals surface area (Å²) >= 11 is 3.47. The van der Waals surface area contributed by atoms with Crippen molar-refractivity contribution in [1.82, 2.24) is 19.5 Å². The van der Waals surface area contributed by atoms with E-state index in [4.69, 9.17) is 5.73 Å². The molecule has 2 heterocycles. The van der Waals surface area contributed by atoms with E-state index in [-0.39, 0.29) is 11.5 Å². The van der Waals surface area contributed by atoms with Crippen LogP contribution in [0.3, 0.4) is 0 Å². The molecule has 3 aromatic rings. The molecule has 0 bridgehead atoms. The van der Waals surface area contributed by atoms with Gasteiger partial charge in [-0.2, -0.15) is 4.98 Å². The van der Waals surface area contributed by atoms with Crippen LogP contribution in [0.2, 0.25) is 0 Å². The number of H-pyrrole nitrogens is 1. The molecule has 0 aliphatic rings. The van der Waals surface area contributed by atoms with Gasteiger partial charge in [0.1, 0.15) is 0 Å². The second kappa shape index (κ2) is 4.75. The van der Waals surface area contributed by atoms with Crippen molar-refractivity contribution in [2.45, 2.75) is 13.5 Å². The molecule has 0 atom stereocenters. The van der Waals surface area contributed by atoms with E-state index in [2.05, 4.69) is 36.9 Å². The number of rotatable bonds is 2. The zero-order valence-electron chi connectivity index (χ0n) is 10.7. The van der Waals surface area contributed by atoms with Crippen molar-refractivity contribution in [1.29, 1.82) is 0 Å². The number of anilines is 1. The highest BCUT2D eigenvalue weighted by atomic mass is 79.9. The normalized spacial score (nSPS) is 11.1. The number of hydrogen-bond acceptors (Lipinski definition) is 4. The molecule has 20 heavy (non-hydrogen) atoms. The Morgan fingerprint density at radius 2 is 2.25 bits per heavy atom. The topological polar surface area (TPSA) is 89.6 Å². The van der Waals surface area contributed by atoms with Crippen molar-refractivity contribution < 1.29 is 0 Å². The Balaban J connectivity index is 2.06. The Morgan fingerprint density at radius 1 is 1.45 bits per heavy atom. The number of nitrogens with one attached hydrogen (secondary N) is 1. The number of nitrogens with two attached hydrogens (primary N) is 1. The van der Waals surface area contributed by atoms with Crippen molar-refractivity contribution in [2.24, 2.45) is 0 Å². The average Bonchev–Trinajstić information content (AvgIpc) is 2.77. The fraction of sp³-hybridized carbons (Fsp3) is 0.154. The standard InChI is InChI=1S/C13H12BrN5O/c1-7-4-8(2-3-9(7)14)5-19-6-16-10-11(19)17-13(15)18-12(10)20/h2-4,6H,5H2,1H3,(H3,15,17,18,20). The van der Waals surface area contributed by atoms with Crippen LogP contribution in [0.5, 0.6) is 0 Å². The molecule has 0 aliphatic heterocycles. The maximum atomic E-state index is 11.7. The first-order valence-corrected chi connectivity index (χ1v) is 6.79. The second-order valence-corrected chi connectivity index (χ2v) is 5.43. The Hall–Kier alpha value is -2.15. The quantitative estimate of drug-likeness (QED) is 0.748. The number of aryl methyl sites for hydroxylation is 1. The smallest absolute Gasteiger partial charge is 0.280 e. The van der Waals surface area contributed by atoms with E-state index in [0.717, 1.165) is 15.6 Å². The van der Waals surface area contributed by atoms with Gasteiger partial charge in [-0.15, -0.1) is 0 Å². The molecule has 0 saturated heterocycles. The van der Waals surface area contributed by atoms with Crippen LogP contribution in [0, 0.1) is 6.92 Å². The number of aromatic amines is 1. The Morgan fingerprint density at radius 3 is 3.00 bits per heavy atom. The molecule has 0 spiro atoms. The largest absolute Gasteiger partial charge is 0.369 e. The van der Waals surface area contributed by atoms with Crippen molar-refractivity contribution in [3.63, 3.8) is 0 Å². The van der Waals surface area contributed by atoms with Crippen LogP contribution in [0.15, 0.2) is 33.8 Å². The fourth-order valence-electron chi connectivity index (χ4n) is 2.09. The van der Waals surface area contributed by atoms with E-state index in [0.29, 0.717) is 17.7 Å². The number of halogens is 1. The van der Waals surface area contributed by atoms with Gasteiger partial charge >= 0.3 is 0 Å². The summed E-state index contributed by atoms with van der Waals surface area (Å²) in [5.41, 5.74) is 8.30. The van der Waals surface area contributed by atoms with Gasteiger partial charge in [0.25, 0.3) is 5.56 Å². The number of nitrogen functional groups attached to an aromatic ring is 1. The van der Waals surface area contributed by atoms with Crippen LogP contribution in [0.1, 0.15) is 11.1 Å². The lowest BCUT2D eigenvalue weighted by Gasteiger charge is -2.06. The summed E-state index contributed by atoms with van der Waals surface area (Å²) in [6, 6.07) is 6.09. The molecule has 0 saturated carbocycles. The predicted molar refractivity (Wildman–Crippen MR) is 80.5 cm³/mol. The molecule has 6 nitrogen and oxygen atoms in total. The second-order valence-electron chi connectivity index (χ2n) is 4.58. The predicted octanol–water partition coefficient (Wildman–Crippen LogP) is 1.82. The molecule has 0 unspecified atom stereocenters. The molecular formula is C13H12BrN5O. The molecule has 0 radical (unpaired) electrons. The lowest BCUT2D eigenvalue weighted by atomic mass is 10.1. The minimum Gasteiger partial charge on any atom is -0.369 e. The van der Waals surface area contributed by atoms with Crippen LogP contribution >= 0.6 is 15.9 Å². The first-order valence-electron chi connectivity index (χ1n) is 6.00. The van der Waals surface area contributed by atoms with E-state index in [1.807, 2.05) is 23.6 Å². The van der Waals surface area contributed by atoms with Gasteiger partial charge in [0.15, 0.2) is 11.2 Å². The number of imidazole rings is 1. The van der Waals surface area contributed by atoms with Crippen molar-refractivity contribution in [3.8, 4) is 0 Å². The van der Waals surface area contributed by atoms with Crippen molar-refractivity contribution >= 4 is 33.0 Å². The van der Waals surface area contributed by atoms with Crippen LogP contribution in [-0.4, -0.2) is 19.5 Å². The van der Waals surface area contributed by atoms with E-state index in [9.17, 15) is 4.79 Å². The van der Waals surface area contributed by atoms with Crippen LogP contribution in [0.25, 0.3) is 11.2 Å². The van der Waals surface area contributed by atoms with Crippen molar-refractivity contribution in [3.05, 3.63) is 50.5 Å². The highest BCUT2D eigenvalue weighted by molar-refractivity contribution is 9.10. The Labute approximate surface area is 122 Å². The molecule has 1 aromatic carbocycles. The molecule has 3 rings (SSSR count). The average molecular weight is 334 g/mol. The number of fused-ring (bicyclic) bond motifs is 1. The summed E-state index contributed by atoms with van der Waals surface area (Å²) in [4.78, 5) is 22.4. The molecular weight excluding hydrogens is 322 g/mol. The summed E-state index contributed by atoms with van der Waals surface area (Å²) < 4.78 is 2.87. The fourth-order valence-corrected chi connectivity index (χ4v) is 2.33. The Kier molecular flexibility index (Phi) is 3.06. The number of benzene rings is 1. The maximum absolute atomic E-state index is 11.7. The van der Waals surface area contributed by atoms with Gasteiger partial charge < -0.3 is 10.3 Å². The summed E-state index contributed by atoms with van der Waals surface area (Å²) in [5, 5.41) is 0. The van der Waals surface area contributed by atoms with Gasteiger partial charge in [0.05, 0.1) is 12.9 Å². The van der Waals surface area contributed by atoms with Crippen LogP contribution in [-0.2, 0) is 6.54 Å². The van der Waals surface area contributed by atoms with Crippen LogP contribution in [0.4, 0.5) is 5.95 Å². The molecule has 2 aromatic heterocycles. The summed E-state index contributed by atoms with van der Waals surface area (Å²) in [7, 11) is 0. The number of hydrogen-bond donors (Lipinski definition) is 2. The SMILES string of the molecule is Cc1cc(Cn2cnc3c(=O)[nH]c(N)nc32)ccc1Br. The molecule has 0 amide bonds. The third-order valence-corrected chi connectivity index (χ3v) is 3.96. The monoisotopic (exact) mass is 333 g/mol. The third-order valence-electron chi connectivity index (χ3n) is 3.07. The van der Waals surface area contributed by atoms with E-state index < -0.39 is 0 Å². The van der Waals surface area contributed by atoms with Crippen molar-refractivity contribution in [2.75, 3.05) is 5.73 Å². The lowest BCUT2D eigenvalue weighted by Crippen LogP contribution is -2.12. The van der Waals surface area contributed by atoms with E-state index >= 15 is 0 Å². The minimum absolute atomic E-state index is 0.0937. The molecule has 102 valence electrons. The number of nitrogens with zero attached hydrogens (tertiary/aromatic N) is 3. The molecule has 0 aliphatic carbocycles. The van der Waals surface area contributed by atoms with E-state index in [1.54, 1.807) is 6.33 Å². The number of aromatic nitrogens is 4. The van der Waals surface area contributed by atoms with Gasteiger partial charge in [0, 0.05) is 4.47 Å². The summed E-state index contributed by atoms with van der Waals surface area (Å²) in [6.45, 7) is 2.61. The van der Waals surface area contributed by atoms with Gasteiger partial charge in [-0.1, -0.05) is 28.1 Å². The van der Waals surface area contributed by atoms with Gasteiger partial charge in [0.2, 0.25) is 5.95 Å². The van der Waals surface area contributed by atoms with E-state index in [1.165, 1.54) is 0 Å². The molecule has 0 fully saturated rings. The van der Waals surface area contributed by atoms with Gasteiger partial charge in [-0.05, 0) is 24.1 Å². The zero-order valence-corrected chi connectivity index (χ0v) is 12.3. The first kappa shape index (κ1) is 12.9.